The molecular formula is C12H26HoNO-. The smallest absolute Gasteiger partial charge is 0.0591 e. The van der Waals surface area contributed by atoms with Gasteiger partial charge in [-0.15, -0.1) is 0 Å². The zero-order chi connectivity index (χ0) is 10.5. The summed E-state index contributed by atoms with van der Waals surface area (Å²) >= 11 is 0. The number of morpholine rings is 1. The summed E-state index contributed by atoms with van der Waals surface area (Å²) in [5.41, 5.74) is 0. The first kappa shape index (κ1) is 18.5. The van der Waals surface area contributed by atoms with Gasteiger partial charge in [0.15, 0.2) is 0 Å². The average molecular weight is 365 g/mol. The fourth-order valence-corrected chi connectivity index (χ4v) is 1.41. The van der Waals surface area contributed by atoms with Gasteiger partial charge in [0.2, 0.25) is 0 Å². The molecule has 1 heterocycles. The topological polar surface area (TPSA) is 21.3 Å². The summed E-state index contributed by atoms with van der Waals surface area (Å²) < 4.78 is 5.01. The predicted molar refractivity (Wildman–Crippen MR) is 62.4 cm³/mol. The largest absolute Gasteiger partial charge is 0.379 e. The number of hydrogen-bond donors (Lipinski definition) is 1. The first-order valence-electron chi connectivity index (χ1n) is 6.10. The second-order valence-corrected chi connectivity index (χ2v) is 3.29. The minimum absolute atomic E-state index is 0. The summed E-state index contributed by atoms with van der Waals surface area (Å²) in [7, 11) is 0. The second-order valence-electron chi connectivity index (χ2n) is 3.29. The van der Waals surface area contributed by atoms with Crippen LogP contribution in [-0.4, -0.2) is 26.3 Å². The maximum Gasteiger partial charge on any atom is 0.0591 e. The molecule has 0 spiro atoms. The first-order chi connectivity index (χ1) is 7.00. The van der Waals surface area contributed by atoms with Gasteiger partial charge in [-0.3, -0.25) is 0 Å². The van der Waals surface area contributed by atoms with Crippen LogP contribution in [0.15, 0.2) is 0 Å². The Kier molecular flexibility index (Phi) is 21.7. The molecule has 0 atom stereocenters. The van der Waals surface area contributed by atoms with Crippen molar-refractivity contribution in [1.29, 1.82) is 0 Å². The molecular weight excluding hydrogens is 339 g/mol. The molecule has 0 amide bonds. The molecule has 0 aromatic carbocycles. The van der Waals surface area contributed by atoms with E-state index in [1.165, 1.54) is 32.1 Å². The number of nitrogens with one attached hydrogen (secondary N) is 1. The second kappa shape index (κ2) is 17.6. The van der Waals surface area contributed by atoms with E-state index in [9.17, 15) is 0 Å². The van der Waals surface area contributed by atoms with E-state index in [0.717, 1.165) is 26.3 Å². The summed E-state index contributed by atoms with van der Waals surface area (Å²) in [6, 6.07) is 0. The number of ether oxygens (including phenoxy) is 1. The van der Waals surface area contributed by atoms with E-state index >= 15 is 0 Å². The Morgan fingerprint density at radius 3 is 1.60 bits per heavy atom. The third-order valence-electron chi connectivity index (χ3n) is 2.16. The summed E-state index contributed by atoms with van der Waals surface area (Å²) in [5.74, 6) is 0. The zero-order valence-corrected chi connectivity index (χ0v) is 12.1. The van der Waals surface area contributed by atoms with Crippen LogP contribution in [0.2, 0.25) is 0 Å². The van der Waals surface area contributed by atoms with Crippen molar-refractivity contribution in [3.8, 4) is 0 Å². The van der Waals surface area contributed by atoms with E-state index in [4.69, 9.17) is 4.74 Å². The third kappa shape index (κ3) is 15.2. The van der Waals surface area contributed by atoms with E-state index < -0.39 is 0 Å². The maximum absolute atomic E-state index is 5.01. The van der Waals surface area contributed by atoms with Gasteiger partial charge in [0, 0.05) is 50.8 Å². The van der Waals surface area contributed by atoms with E-state index in [2.05, 4.69) is 11.7 Å². The van der Waals surface area contributed by atoms with Gasteiger partial charge in [-0.05, 0) is 0 Å². The van der Waals surface area contributed by atoms with Crippen LogP contribution in [0.3, 0.4) is 0 Å². The SMILES string of the molecule is C1COCCN1.CC.[CH-]1CCCCC1.[Ho]. The minimum Gasteiger partial charge on any atom is -0.379 e. The molecule has 0 unspecified atom stereocenters. The van der Waals surface area contributed by atoms with Crippen LogP contribution in [0.4, 0.5) is 0 Å². The Balaban J connectivity index is 0. The number of hydrogen-bond acceptors (Lipinski definition) is 2. The predicted octanol–water partition coefficient (Wildman–Crippen LogP) is 2.79. The van der Waals surface area contributed by atoms with Crippen LogP contribution in [0.25, 0.3) is 0 Å². The first-order valence-corrected chi connectivity index (χ1v) is 6.10. The van der Waals surface area contributed by atoms with Crippen LogP contribution < -0.4 is 5.32 Å². The normalized spacial score (nSPS) is 19.6. The monoisotopic (exact) mass is 365 g/mol. The fraction of sp³-hybridized carbons (Fsp3) is 0.917. The van der Waals surface area contributed by atoms with Gasteiger partial charge in [0.1, 0.15) is 0 Å². The maximum atomic E-state index is 5.01. The molecule has 0 aromatic heterocycles. The Bertz CT molecular complexity index is 58.6. The summed E-state index contributed by atoms with van der Waals surface area (Å²) in [5, 5.41) is 3.16. The van der Waals surface area contributed by atoms with Gasteiger partial charge in [-0.2, -0.15) is 12.8 Å². The Labute approximate surface area is 126 Å². The van der Waals surface area contributed by atoms with Crippen molar-refractivity contribution in [2.45, 2.75) is 46.0 Å². The van der Waals surface area contributed by atoms with E-state index in [0.29, 0.717) is 0 Å². The molecule has 2 rings (SSSR count). The van der Waals surface area contributed by atoms with E-state index in [-0.39, 0.29) is 37.7 Å². The average Bonchev–Trinajstić information content (AvgIpc) is 2.37. The Morgan fingerprint density at radius 1 is 0.933 bits per heavy atom. The van der Waals surface area contributed by atoms with Gasteiger partial charge < -0.3 is 16.5 Å². The van der Waals surface area contributed by atoms with Crippen LogP contribution >= 0.6 is 0 Å². The van der Waals surface area contributed by atoms with Crippen LogP contribution in [0.5, 0.6) is 0 Å². The Morgan fingerprint density at radius 2 is 1.47 bits per heavy atom. The molecule has 15 heavy (non-hydrogen) atoms. The fourth-order valence-electron chi connectivity index (χ4n) is 1.41. The van der Waals surface area contributed by atoms with Crippen molar-refractivity contribution < 1.29 is 42.5 Å². The molecule has 1 saturated heterocycles. The molecule has 1 N–H and O–H groups in total. The summed E-state index contributed by atoms with van der Waals surface area (Å²) in [6.45, 7) is 7.83. The zero-order valence-electron chi connectivity index (χ0n) is 10.2. The molecule has 0 aromatic rings. The van der Waals surface area contributed by atoms with Gasteiger partial charge >= 0.3 is 0 Å². The quantitative estimate of drug-likeness (QED) is 0.527. The molecule has 1 aliphatic carbocycles. The van der Waals surface area contributed by atoms with Crippen molar-refractivity contribution in [2.24, 2.45) is 0 Å². The Hall–Kier alpha value is 1.18. The molecule has 1 radical (unpaired) electrons. The molecule has 0 bridgehead atoms. The molecule has 1 saturated carbocycles. The summed E-state index contributed by atoms with van der Waals surface area (Å²) in [6.07, 6.45) is 9.50. The minimum atomic E-state index is 0. The third-order valence-corrected chi connectivity index (χ3v) is 2.16. The van der Waals surface area contributed by atoms with Crippen molar-refractivity contribution in [3.05, 3.63) is 6.42 Å². The van der Waals surface area contributed by atoms with Crippen molar-refractivity contribution in [2.75, 3.05) is 26.3 Å². The van der Waals surface area contributed by atoms with Crippen LogP contribution in [-0.2, 0) is 4.74 Å². The van der Waals surface area contributed by atoms with Gasteiger partial charge in [0.25, 0.3) is 0 Å². The molecule has 2 nitrogen and oxygen atoms in total. The van der Waals surface area contributed by atoms with E-state index in [1.807, 2.05) is 13.8 Å². The molecule has 2 aliphatic rings. The van der Waals surface area contributed by atoms with Gasteiger partial charge in [-0.1, -0.05) is 33.1 Å². The van der Waals surface area contributed by atoms with Crippen LogP contribution in [0.1, 0.15) is 46.0 Å². The molecule has 97 valence electrons. The van der Waals surface area contributed by atoms with Gasteiger partial charge in [-0.25, -0.2) is 0 Å². The molecule has 2 fully saturated rings. The van der Waals surface area contributed by atoms with Crippen molar-refractivity contribution >= 4 is 0 Å². The summed E-state index contributed by atoms with van der Waals surface area (Å²) in [4.78, 5) is 0. The van der Waals surface area contributed by atoms with Crippen molar-refractivity contribution in [3.63, 3.8) is 0 Å². The van der Waals surface area contributed by atoms with Crippen LogP contribution in [0, 0.1) is 44.2 Å². The number of rotatable bonds is 0. The van der Waals surface area contributed by atoms with Crippen molar-refractivity contribution in [1.82, 2.24) is 5.32 Å². The standard InChI is InChI=1S/C6H11.C4H9NO.C2H6.Ho/c1-2-4-6-5-3-1;1-3-6-4-2-5-1;1-2;/h1H,2-6H2;5H,1-4H2;1-2H3;/q-1;;;. The van der Waals surface area contributed by atoms with Gasteiger partial charge in [0.05, 0.1) is 13.2 Å². The molecule has 1 aliphatic heterocycles. The molecule has 3 heteroatoms. The van der Waals surface area contributed by atoms with E-state index in [1.54, 1.807) is 0 Å².